The average molecular weight is 407 g/mol. The molecule has 8 heteroatoms. The second-order valence-electron chi connectivity index (χ2n) is 5.70. The highest BCUT2D eigenvalue weighted by Gasteiger charge is 2.22. The summed E-state index contributed by atoms with van der Waals surface area (Å²) in [5.74, 6) is -0.763. The fraction of sp³-hybridized carbons (Fsp3) is 0.211. The van der Waals surface area contributed by atoms with Crippen molar-refractivity contribution >= 4 is 40.8 Å². The first-order valence-electron chi connectivity index (χ1n) is 8.19. The van der Waals surface area contributed by atoms with Gasteiger partial charge in [-0.2, -0.15) is 5.10 Å². The van der Waals surface area contributed by atoms with Gasteiger partial charge in [-0.3, -0.25) is 4.79 Å². The molecule has 0 radical (unpaired) electrons. The van der Waals surface area contributed by atoms with Crippen molar-refractivity contribution in [2.45, 2.75) is 6.42 Å². The Kier molecular flexibility index (Phi) is 6.32. The lowest BCUT2D eigenvalue weighted by Crippen LogP contribution is -2.29. The number of benzene rings is 2. The summed E-state index contributed by atoms with van der Waals surface area (Å²) in [5, 5.41) is 6.35. The van der Waals surface area contributed by atoms with Crippen LogP contribution in [0.1, 0.15) is 12.0 Å². The van der Waals surface area contributed by atoms with Crippen molar-refractivity contribution in [2.24, 2.45) is 5.10 Å². The van der Waals surface area contributed by atoms with Crippen LogP contribution >= 0.6 is 23.2 Å². The summed E-state index contributed by atoms with van der Waals surface area (Å²) in [4.78, 5) is 23.9. The van der Waals surface area contributed by atoms with Crippen LogP contribution in [0.4, 0.5) is 0 Å². The number of rotatable bonds is 6. The summed E-state index contributed by atoms with van der Waals surface area (Å²) >= 11 is 11.7. The van der Waals surface area contributed by atoms with Gasteiger partial charge in [0.25, 0.3) is 5.91 Å². The van der Waals surface area contributed by atoms with Gasteiger partial charge in [-0.15, -0.1) is 0 Å². The number of hydrogen-bond donors (Lipinski definition) is 0. The third-order valence-corrected chi connectivity index (χ3v) is 4.32. The number of nitrogens with zero attached hydrogens (tertiary/aromatic N) is 2. The molecule has 0 atom stereocenters. The van der Waals surface area contributed by atoms with Crippen LogP contribution in [0.3, 0.4) is 0 Å². The zero-order valence-corrected chi connectivity index (χ0v) is 15.7. The van der Waals surface area contributed by atoms with Gasteiger partial charge < -0.3 is 9.47 Å². The Labute approximate surface area is 166 Å². The van der Waals surface area contributed by atoms with Gasteiger partial charge in [0.1, 0.15) is 5.75 Å². The maximum atomic E-state index is 12.2. The van der Waals surface area contributed by atoms with Gasteiger partial charge in [0.15, 0.2) is 13.2 Å². The molecule has 6 nitrogen and oxygen atoms in total. The van der Waals surface area contributed by atoms with Crippen LogP contribution < -0.4 is 4.74 Å². The fourth-order valence-corrected chi connectivity index (χ4v) is 2.92. The van der Waals surface area contributed by atoms with Crippen LogP contribution in [0, 0.1) is 0 Å². The van der Waals surface area contributed by atoms with Gasteiger partial charge in [-0.25, -0.2) is 9.80 Å². The van der Waals surface area contributed by atoms with Crippen LogP contribution in [-0.2, 0) is 14.3 Å². The lowest BCUT2D eigenvalue weighted by Gasteiger charge is -2.12. The predicted octanol–water partition coefficient (Wildman–Crippen LogP) is 3.55. The van der Waals surface area contributed by atoms with Crippen molar-refractivity contribution in [2.75, 3.05) is 19.8 Å². The smallest absolute Gasteiger partial charge is 0.344 e. The highest BCUT2D eigenvalue weighted by atomic mass is 35.5. The van der Waals surface area contributed by atoms with Gasteiger partial charge in [0.05, 0.1) is 17.3 Å². The Morgan fingerprint density at radius 2 is 1.85 bits per heavy atom. The molecule has 2 aromatic rings. The maximum Gasteiger partial charge on any atom is 0.344 e. The maximum absolute atomic E-state index is 12.2. The standard InChI is InChI=1S/C19H16Cl2N2O4/c20-14-6-7-17(15(21)10-14)26-12-19(25)27-11-18(24)23-9-8-16(22-23)13-4-2-1-3-5-13/h1-7,10H,8-9,11-12H2. The second kappa shape index (κ2) is 8.88. The van der Waals surface area contributed by atoms with E-state index in [0.717, 1.165) is 11.3 Å². The lowest BCUT2D eigenvalue weighted by atomic mass is 10.1. The van der Waals surface area contributed by atoms with Gasteiger partial charge in [-0.1, -0.05) is 53.5 Å². The molecule has 0 fully saturated rings. The zero-order chi connectivity index (χ0) is 19.2. The highest BCUT2D eigenvalue weighted by Crippen LogP contribution is 2.27. The molecule has 1 heterocycles. The van der Waals surface area contributed by atoms with Gasteiger partial charge in [0, 0.05) is 11.4 Å². The van der Waals surface area contributed by atoms with Gasteiger partial charge >= 0.3 is 5.97 Å². The Morgan fingerprint density at radius 1 is 1.07 bits per heavy atom. The van der Waals surface area contributed by atoms with Crippen LogP contribution in [0.5, 0.6) is 5.75 Å². The molecule has 0 N–H and O–H groups in total. The fourth-order valence-electron chi connectivity index (χ4n) is 2.46. The summed E-state index contributed by atoms with van der Waals surface area (Å²) in [6.07, 6.45) is 0.655. The SMILES string of the molecule is O=C(COc1ccc(Cl)cc1Cl)OCC(=O)N1CCC(c2ccccc2)=N1. The van der Waals surface area contributed by atoms with Crippen molar-refractivity contribution < 1.29 is 19.1 Å². The molecule has 0 aliphatic carbocycles. The molecule has 1 aliphatic heterocycles. The van der Waals surface area contributed by atoms with E-state index in [0.29, 0.717) is 23.7 Å². The largest absolute Gasteiger partial charge is 0.480 e. The third-order valence-electron chi connectivity index (χ3n) is 3.79. The molecule has 27 heavy (non-hydrogen) atoms. The molecule has 2 aromatic carbocycles. The molecule has 1 amide bonds. The van der Waals surface area contributed by atoms with E-state index in [9.17, 15) is 9.59 Å². The van der Waals surface area contributed by atoms with E-state index < -0.39 is 12.6 Å². The van der Waals surface area contributed by atoms with Crippen molar-refractivity contribution in [1.82, 2.24) is 5.01 Å². The number of hydrogen-bond acceptors (Lipinski definition) is 5. The first-order valence-corrected chi connectivity index (χ1v) is 8.95. The van der Waals surface area contributed by atoms with E-state index in [2.05, 4.69) is 5.10 Å². The Morgan fingerprint density at radius 3 is 2.59 bits per heavy atom. The lowest BCUT2D eigenvalue weighted by molar-refractivity contribution is -0.153. The molecule has 0 aromatic heterocycles. The van der Waals surface area contributed by atoms with Crippen LogP contribution in [0.25, 0.3) is 0 Å². The van der Waals surface area contributed by atoms with Crippen molar-refractivity contribution in [3.8, 4) is 5.75 Å². The normalized spacial score (nSPS) is 13.3. The molecule has 3 rings (SSSR count). The van der Waals surface area contributed by atoms with Crippen LogP contribution in [0.2, 0.25) is 10.0 Å². The summed E-state index contributed by atoms with van der Waals surface area (Å²) in [7, 11) is 0. The number of carbonyl (C=O) groups is 2. The van der Waals surface area contributed by atoms with Crippen molar-refractivity contribution in [3.05, 3.63) is 64.1 Å². The Balaban J connectivity index is 1.46. The van der Waals surface area contributed by atoms with E-state index in [1.165, 1.54) is 11.1 Å². The summed E-state index contributed by atoms with van der Waals surface area (Å²) in [5.41, 5.74) is 1.80. The van der Waals surface area contributed by atoms with E-state index >= 15 is 0 Å². The van der Waals surface area contributed by atoms with Gasteiger partial charge in [0.2, 0.25) is 0 Å². The van der Waals surface area contributed by atoms with Gasteiger partial charge in [-0.05, 0) is 23.8 Å². The Hall–Kier alpha value is -2.57. The van der Waals surface area contributed by atoms with Crippen molar-refractivity contribution in [3.63, 3.8) is 0 Å². The topological polar surface area (TPSA) is 68.2 Å². The van der Waals surface area contributed by atoms with Crippen LogP contribution in [-0.4, -0.2) is 42.4 Å². The first kappa shape index (κ1) is 19.2. The number of carbonyl (C=O) groups excluding carboxylic acids is 2. The number of esters is 1. The van der Waals surface area contributed by atoms with E-state index in [1.807, 2.05) is 30.3 Å². The molecule has 140 valence electrons. The molecule has 0 spiro atoms. The molecule has 0 bridgehead atoms. The quantitative estimate of drug-likeness (QED) is 0.687. The monoisotopic (exact) mass is 406 g/mol. The average Bonchev–Trinajstić information content (AvgIpc) is 3.16. The highest BCUT2D eigenvalue weighted by molar-refractivity contribution is 6.35. The molecule has 0 saturated carbocycles. The molecular formula is C19H16Cl2N2O4. The zero-order valence-electron chi connectivity index (χ0n) is 14.2. The minimum absolute atomic E-state index is 0.284. The molecule has 1 aliphatic rings. The van der Waals surface area contributed by atoms with E-state index in [4.69, 9.17) is 32.7 Å². The second-order valence-corrected chi connectivity index (χ2v) is 6.55. The minimum atomic E-state index is -0.680. The minimum Gasteiger partial charge on any atom is -0.480 e. The predicted molar refractivity (Wildman–Crippen MR) is 102 cm³/mol. The molecule has 0 saturated heterocycles. The molecule has 0 unspecified atom stereocenters. The number of hydrazone groups is 1. The summed E-state index contributed by atoms with van der Waals surface area (Å²) in [6, 6.07) is 14.3. The summed E-state index contributed by atoms with van der Waals surface area (Å²) < 4.78 is 10.2. The number of halogens is 2. The van der Waals surface area contributed by atoms with E-state index in [1.54, 1.807) is 12.1 Å². The summed E-state index contributed by atoms with van der Waals surface area (Å²) in [6.45, 7) is -0.313. The van der Waals surface area contributed by atoms with E-state index in [-0.39, 0.29) is 17.5 Å². The van der Waals surface area contributed by atoms with Crippen molar-refractivity contribution in [1.29, 1.82) is 0 Å². The third kappa shape index (κ3) is 5.21. The number of ether oxygens (including phenoxy) is 2. The number of amides is 1. The first-order chi connectivity index (χ1) is 13.0. The molecular weight excluding hydrogens is 391 g/mol. The Bertz CT molecular complexity index is 871. The van der Waals surface area contributed by atoms with Crippen LogP contribution in [0.15, 0.2) is 53.6 Å².